The van der Waals surface area contributed by atoms with Crippen molar-refractivity contribution in [1.29, 1.82) is 0 Å². The van der Waals surface area contributed by atoms with Gasteiger partial charge in [0.2, 0.25) is 0 Å². The number of carbonyl (C=O) groups excluding carboxylic acids is 1. The number of hydrogen-bond acceptors (Lipinski definition) is 5. The van der Waals surface area contributed by atoms with Gasteiger partial charge in [0, 0.05) is 24.4 Å². The number of non-ortho nitro benzene ring substituents is 1. The summed E-state index contributed by atoms with van der Waals surface area (Å²) >= 11 is 0. The summed E-state index contributed by atoms with van der Waals surface area (Å²) in [4.78, 5) is 25.9. The van der Waals surface area contributed by atoms with Crippen LogP contribution < -0.4 is 0 Å². The minimum Gasteiger partial charge on any atom is -0.457 e. The molecule has 0 atom stereocenters. The van der Waals surface area contributed by atoms with Gasteiger partial charge in [-0.2, -0.15) is 0 Å². The molecule has 0 aliphatic carbocycles. The lowest BCUT2D eigenvalue weighted by Crippen LogP contribution is -2.22. The van der Waals surface area contributed by atoms with Crippen LogP contribution in [0, 0.1) is 10.1 Å². The Bertz CT molecular complexity index is 725. The Hall–Kier alpha value is -2.70. The first-order valence-electron chi connectivity index (χ1n) is 6.28. The first kappa shape index (κ1) is 14.7. The average Bonchev–Trinajstić information content (AvgIpc) is 2.76. The molecule has 0 fully saturated rings. The van der Waals surface area contributed by atoms with Crippen LogP contribution >= 0.6 is 0 Å². The van der Waals surface area contributed by atoms with Crippen LogP contribution in [0.3, 0.4) is 0 Å². The summed E-state index contributed by atoms with van der Waals surface area (Å²) in [6.07, 6.45) is 4.28. The topological polar surface area (TPSA) is 87.3 Å². The fraction of sp³-hybridized carbons (Fsp3) is 0.286. The highest BCUT2D eigenvalue weighted by Crippen LogP contribution is 2.20. The van der Waals surface area contributed by atoms with Crippen LogP contribution in [0.5, 0.6) is 0 Å². The van der Waals surface area contributed by atoms with Crippen molar-refractivity contribution in [3.63, 3.8) is 0 Å². The number of esters is 1. The van der Waals surface area contributed by atoms with E-state index in [4.69, 9.17) is 4.74 Å². The SMILES string of the molecule is CC(C)(C)OC(=O)/C=C/n1cnc2cc([N+](=O)[O-])ccc21. The molecule has 7 nitrogen and oxygen atoms in total. The second kappa shape index (κ2) is 5.35. The van der Waals surface area contributed by atoms with Gasteiger partial charge in [-0.1, -0.05) is 0 Å². The molecule has 0 spiro atoms. The van der Waals surface area contributed by atoms with Crippen molar-refractivity contribution in [2.75, 3.05) is 0 Å². The number of nitro benzene ring substituents is 1. The first-order valence-corrected chi connectivity index (χ1v) is 6.28. The Labute approximate surface area is 121 Å². The number of benzene rings is 1. The zero-order chi connectivity index (χ0) is 15.6. The number of carbonyl (C=O) groups is 1. The van der Waals surface area contributed by atoms with Crippen LogP contribution in [0.2, 0.25) is 0 Å². The van der Waals surface area contributed by atoms with Gasteiger partial charge < -0.3 is 9.30 Å². The van der Waals surface area contributed by atoms with E-state index in [1.807, 2.05) is 0 Å². The van der Waals surface area contributed by atoms with Crippen LogP contribution in [0.15, 0.2) is 30.6 Å². The molecular weight excluding hydrogens is 274 g/mol. The minimum absolute atomic E-state index is 0.0242. The molecule has 110 valence electrons. The average molecular weight is 289 g/mol. The quantitative estimate of drug-likeness (QED) is 0.375. The Morgan fingerprint density at radius 3 is 2.76 bits per heavy atom. The lowest BCUT2D eigenvalue weighted by molar-refractivity contribution is -0.384. The maximum absolute atomic E-state index is 11.6. The number of ether oxygens (including phenoxy) is 1. The second-order valence-corrected chi connectivity index (χ2v) is 5.43. The van der Waals surface area contributed by atoms with Crippen LogP contribution in [0.1, 0.15) is 20.8 Å². The predicted molar refractivity (Wildman–Crippen MR) is 77.6 cm³/mol. The zero-order valence-corrected chi connectivity index (χ0v) is 11.9. The number of imidazole rings is 1. The highest BCUT2D eigenvalue weighted by atomic mass is 16.6. The second-order valence-electron chi connectivity index (χ2n) is 5.43. The lowest BCUT2D eigenvalue weighted by atomic mass is 10.2. The number of nitrogens with zero attached hydrogens (tertiary/aromatic N) is 3. The molecule has 2 aromatic rings. The molecule has 0 N–H and O–H groups in total. The van der Waals surface area contributed by atoms with Crippen molar-refractivity contribution >= 4 is 28.9 Å². The van der Waals surface area contributed by atoms with Gasteiger partial charge in [0.25, 0.3) is 5.69 Å². The van der Waals surface area contributed by atoms with Crippen molar-refractivity contribution in [3.8, 4) is 0 Å². The van der Waals surface area contributed by atoms with Gasteiger partial charge in [0.15, 0.2) is 0 Å². The smallest absolute Gasteiger partial charge is 0.332 e. The Balaban J connectivity index is 2.24. The molecule has 1 aromatic carbocycles. The van der Waals surface area contributed by atoms with Gasteiger partial charge >= 0.3 is 5.97 Å². The Morgan fingerprint density at radius 2 is 2.14 bits per heavy atom. The minimum atomic E-state index is -0.557. The summed E-state index contributed by atoms with van der Waals surface area (Å²) in [5.41, 5.74) is 0.571. The summed E-state index contributed by atoms with van der Waals surface area (Å²) in [5, 5.41) is 10.7. The van der Waals surface area contributed by atoms with E-state index in [0.717, 1.165) is 0 Å². The number of aromatic nitrogens is 2. The Kier molecular flexibility index (Phi) is 3.75. The third-order valence-corrected chi connectivity index (χ3v) is 2.55. The van der Waals surface area contributed by atoms with Crippen molar-refractivity contribution in [2.45, 2.75) is 26.4 Å². The standard InChI is InChI=1S/C14H15N3O4/c1-14(2,3)21-13(18)6-7-16-9-15-11-8-10(17(19)20)4-5-12(11)16/h4-9H,1-3H3/b7-6+. The lowest BCUT2D eigenvalue weighted by Gasteiger charge is -2.17. The maximum atomic E-state index is 11.6. The van der Waals surface area contributed by atoms with E-state index in [9.17, 15) is 14.9 Å². The van der Waals surface area contributed by atoms with Gasteiger partial charge in [-0.25, -0.2) is 9.78 Å². The predicted octanol–water partition coefficient (Wildman–Crippen LogP) is 2.76. The van der Waals surface area contributed by atoms with E-state index >= 15 is 0 Å². The fourth-order valence-corrected chi connectivity index (χ4v) is 1.73. The molecule has 0 unspecified atom stereocenters. The van der Waals surface area contributed by atoms with Gasteiger partial charge in [-0.3, -0.25) is 10.1 Å². The fourth-order valence-electron chi connectivity index (χ4n) is 1.73. The molecule has 1 heterocycles. The molecule has 0 aliphatic rings. The summed E-state index contributed by atoms with van der Waals surface area (Å²) in [7, 11) is 0. The van der Waals surface area contributed by atoms with Crippen LogP contribution in [0.25, 0.3) is 17.2 Å². The van der Waals surface area contributed by atoms with E-state index in [1.165, 1.54) is 30.7 Å². The molecule has 0 radical (unpaired) electrons. The van der Waals surface area contributed by atoms with Gasteiger partial charge in [-0.15, -0.1) is 0 Å². The third-order valence-electron chi connectivity index (χ3n) is 2.55. The van der Waals surface area contributed by atoms with E-state index < -0.39 is 16.5 Å². The number of rotatable bonds is 3. The van der Waals surface area contributed by atoms with Gasteiger partial charge in [0.05, 0.1) is 22.3 Å². The Morgan fingerprint density at radius 1 is 1.43 bits per heavy atom. The molecule has 7 heteroatoms. The summed E-state index contributed by atoms with van der Waals surface area (Å²) in [5.74, 6) is -0.466. The number of nitro groups is 1. The number of fused-ring (bicyclic) bond motifs is 1. The molecule has 1 aromatic heterocycles. The molecule has 0 amide bonds. The molecule has 0 saturated heterocycles. The molecule has 21 heavy (non-hydrogen) atoms. The van der Waals surface area contributed by atoms with Crippen molar-refractivity contribution < 1.29 is 14.5 Å². The van der Waals surface area contributed by atoms with Crippen molar-refractivity contribution in [3.05, 3.63) is 40.7 Å². The normalized spacial score (nSPS) is 12.0. The van der Waals surface area contributed by atoms with E-state index in [-0.39, 0.29) is 5.69 Å². The molecule has 0 saturated carbocycles. The highest BCUT2D eigenvalue weighted by Gasteiger charge is 2.14. The monoisotopic (exact) mass is 289 g/mol. The third kappa shape index (κ3) is 3.65. The largest absolute Gasteiger partial charge is 0.457 e. The van der Waals surface area contributed by atoms with Gasteiger partial charge in [-0.05, 0) is 26.8 Å². The number of hydrogen-bond donors (Lipinski definition) is 0. The zero-order valence-electron chi connectivity index (χ0n) is 11.9. The summed E-state index contributed by atoms with van der Waals surface area (Å²) < 4.78 is 6.75. The molecule has 0 aliphatic heterocycles. The molecule has 2 rings (SSSR count). The van der Waals surface area contributed by atoms with Crippen LogP contribution in [0.4, 0.5) is 5.69 Å². The molecular formula is C14H15N3O4. The molecule has 0 bridgehead atoms. The van der Waals surface area contributed by atoms with Crippen molar-refractivity contribution in [1.82, 2.24) is 9.55 Å². The van der Waals surface area contributed by atoms with E-state index in [1.54, 1.807) is 31.4 Å². The highest BCUT2D eigenvalue weighted by molar-refractivity contribution is 5.87. The first-order chi connectivity index (χ1) is 9.76. The van der Waals surface area contributed by atoms with Gasteiger partial charge in [0.1, 0.15) is 5.60 Å². The van der Waals surface area contributed by atoms with Crippen molar-refractivity contribution in [2.24, 2.45) is 0 Å². The van der Waals surface area contributed by atoms with E-state index in [2.05, 4.69) is 4.98 Å². The van der Waals surface area contributed by atoms with Crippen LogP contribution in [-0.4, -0.2) is 26.0 Å². The summed E-state index contributed by atoms with van der Waals surface area (Å²) in [6, 6.07) is 4.36. The summed E-state index contributed by atoms with van der Waals surface area (Å²) in [6.45, 7) is 5.35. The maximum Gasteiger partial charge on any atom is 0.332 e. The van der Waals surface area contributed by atoms with E-state index in [0.29, 0.717) is 11.0 Å². The van der Waals surface area contributed by atoms with Crippen LogP contribution in [-0.2, 0) is 9.53 Å².